The molecule has 5 nitrogen and oxygen atoms in total. The van der Waals surface area contributed by atoms with Crippen LogP contribution in [0, 0.1) is 6.92 Å². The minimum absolute atomic E-state index is 0.0425. The van der Waals surface area contributed by atoms with Crippen LogP contribution in [-0.2, 0) is 14.8 Å². The van der Waals surface area contributed by atoms with Crippen molar-refractivity contribution < 1.29 is 17.9 Å². The Morgan fingerprint density at radius 3 is 2.50 bits per heavy atom. The second-order valence-corrected chi connectivity index (χ2v) is 6.85. The van der Waals surface area contributed by atoms with E-state index in [0.717, 1.165) is 5.56 Å². The average molecular weight is 388 g/mol. The number of allylic oxidation sites excluding steroid dienone is 1. The lowest BCUT2D eigenvalue weighted by atomic mass is 10.2. The van der Waals surface area contributed by atoms with Crippen molar-refractivity contribution in [3.63, 3.8) is 0 Å². The summed E-state index contributed by atoms with van der Waals surface area (Å²) < 4.78 is 30.7. The van der Waals surface area contributed by atoms with Gasteiger partial charge in [0, 0.05) is 5.33 Å². The lowest BCUT2D eigenvalue weighted by Gasteiger charge is -2.20. The minimum Gasteiger partial charge on any atom is -0.444 e. The van der Waals surface area contributed by atoms with Crippen LogP contribution in [0.15, 0.2) is 54.0 Å². The number of ether oxygens (including phenoxy) is 1. The average Bonchev–Trinajstić information content (AvgIpc) is 2.49. The maximum absolute atomic E-state index is 12.6. The van der Waals surface area contributed by atoms with Gasteiger partial charge < -0.3 is 4.74 Å². The van der Waals surface area contributed by atoms with Gasteiger partial charge in [0.25, 0.3) is 10.0 Å². The van der Waals surface area contributed by atoms with E-state index in [0.29, 0.717) is 9.64 Å². The number of hydrogen-bond donors (Lipinski definition) is 0. The van der Waals surface area contributed by atoms with Crippen LogP contribution in [0.25, 0.3) is 0 Å². The number of rotatable bonds is 7. The van der Waals surface area contributed by atoms with E-state index in [9.17, 15) is 13.2 Å². The van der Waals surface area contributed by atoms with E-state index in [-0.39, 0.29) is 18.0 Å². The maximum atomic E-state index is 12.6. The van der Waals surface area contributed by atoms with Crippen molar-refractivity contribution in [3.05, 3.63) is 54.6 Å². The van der Waals surface area contributed by atoms with E-state index in [2.05, 4.69) is 22.5 Å². The molecule has 0 heterocycles. The zero-order chi connectivity index (χ0) is 16.6. The molecule has 0 atom stereocenters. The Bertz CT molecular complexity index is 638. The molecule has 0 saturated carbocycles. The molecular formula is C15H18BrNO4S. The molecule has 0 spiro atoms. The minimum atomic E-state index is -3.97. The van der Waals surface area contributed by atoms with Crippen LogP contribution >= 0.6 is 15.9 Å². The Balaban J connectivity index is 3.11. The molecular weight excluding hydrogens is 370 g/mol. The molecule has 1 aromatic carbocycles. The summed E-state index contributed by atoms with van der Waals surface area (Å²) in [5.74, 6) is 0. The second-order valence-electron chi connectivity index (χ2n) is 4.34. The first kappa shape index (κ1) is 18.4. The fourth-order valence-electron chi connectivity index (χ4n) is 1.54. The molecule has 1 aromatic rings. The van der Waals surface area contributed by atoms with E-state index in [1.807, 2.05) is 6.92 Å². The molecule has 0 aliphatic rings. The van der Waals surface area contributed by atoms with E-state index in [4.69, 9.17) is 4.74 Å². The summed E-state index contributed by atoms with van der Waals surface area (Å²) in [5.41, 5.74) is 0.930. The number of hydrogen-bond acceptors (Lipinski definition) is 4. The third-order valence-corrected chi connectivity index (χ3v) is 4.78. The van der Waals surface area contributed by atoms with Crippen molar-refractivity contribution in [1.29, 1.82) is 0 Å². The molecule has 7 heteroatoms. The second kappa shape index (κ2) is 8.75. The van der Waals surface area contributed by atoms with Crippen molar-refractivity contribution in [3.8, 4) is 0 Å². The molecule has 0 radical (unpaired) electrons. The molecule has 22 heavy (non-hydrogen) atoms. The van der Waals surface area contributed by atoms with Gasteiger partial charge in [-0.1, -0.05) is 58.4 Å². The van der Waals surface area contributed by atoms with Gasteiger partial charge in [-0.05, 0) is 19.1 Å². The largest absolute Gasteiger partial charge is 0.444 e. The quantitative estimate of drug-likeness (QED) is 0.531. The highest BCUT2D eigenvalue weighted by Crippen LogP contribution is 2.17. The van der Waals surface area contributed by atoms with E-state index >= 15 is 0 Å². The highest BCUT2D eigenvalue weighted by atomic mass is 79.9. The third kappa shape index (κ3) is 4.99. The van der Waals surface area contributed by atoms with Gasteiger partial charge in [0.05, 0.1) is 11.4 Å². The molecule has 120 valence electrons. The molecule has 0 saturated heterocycles. The third-order valence-electron chi connectivity index (χ3n) is 2.66. The first-order valence-electron chi connectivity index (χ1n) is 6.51. The first-order chi connectivity index (χ1) is 10.4. The summed E-state index contributed by atoms with van der Waals surface area (Å²) in [4.78, 5) is 12.1. The number of carbonyl (C=O) groups excluding carboxylic acids is 1. The predicted octanol–water partition coefficient (Wildman–Crippen LogP) is 3.26. The Morgan fingerprint density at radius 1 is 1.32 bits per heavy atom. The number of sulfonamides is 1. The van der Waals surface area contributed by atoms with Gasteiger partial charge in [0.15, 0.2) is 0 Å². The number of alkyl halides is 1. The summed E-state index contributed by atoms with van der Waals surface area (Å²) in [6.45, 7) is 5.13. The van der Waals surface area contributed by atoms with E-state index in [1.165, 1.54) is 18.2 Å². The zero-order valence-electron chi connectivity index (χ0n) is 12.2. The van der Waals surface area contributed by atoms with Gasteiger partial charge in [-0.15, -0.1) is 0 Å². The molecule has 1 amide bonds. The standard InChI is InChI=1S/C15H18BrNO4S/c1-3-12-21-15(18)17(11-5-4-10-16)22(19,20)14-8-6-13(2)7-9-14/h3-9H,1,10-12H2,2H3/b5-4+. The van der Waals surface area contributed by atoms with E-state index < -0.39 is 16.1 Å². The SMILES string of the molecule is C=CCOC(=O)N(C/C=C/CBr)S(=O)(=O)c1ccc(C)cc1. The van der Waals surface area contributed by atoms with Gasteiger partial charge >= 0.3 is 6.09 Å². The molecule has 0 fully saturated rings. The number of carbonyl (C=O) groups is 1. The molecule has 0 aliphatic carbocycles. The van der Waals surface area contributed by atoms with Crippen LogP contribution in [0.4, 0.5) is 4.79 Å². The van der Waals surface area contributed by atoms with Crippen molar-refractivity contribution in [2.24, 2.45) is 0 Å². The van der Waals surface area contributed by atoms with Crippen molar-refractivity contribution in [1.82, 2.24) is 4.31 Å². The topological polar surface area (TPSA) is 63.7 Å². The highest BCUT2D eigenvalue weighted by molar-refractivity contribution is 9.09. The Kier molecular flexibility index (Phi) is 7.34. The number of benzene rings is 1. The number of halogens is 1. The molecule has 0 unspecified atom stereocenters. The van der Waals surface area contributed by atoms with Crippen molar-refractivity contribution in [2.75, 3.05) is 18.5 Å². The first-order valence-corrected chi connectivity index (χ1v) is 9.07. The zero-order valence-corrected chi connectivity index (χ0v) is 14.6. The smallest absolute Gasteiger partial charge is 0.424 e. The summed E-state index contributed by atoms with van der Waals surface area (Å²) in [6, 6.07) is 6.28. The van der Waals surface area contributed by atoms with Gasteiger partial charge in [-0.3, -0.25) is 0 Å². The fourth-order valence-corrected chi connectivity index (χ4v) is 3.07. The Morgan fingerprint density at radius 2 is 1.95 bits per heavy atom. The van der Waals surface area contributed by atoms with Crippen molar-refractivity contribution in [2.45, 2.75) is 11.8 Å². The highest BCUT2D eigenvalue weighted by Gasteiger charge is 2.29. The van der Waals surface area contributed by atoms with Crippen LogP contribution in [0.5, 0.6) is 0 Å². The summed E-state index contributed by atoms with van der Waals surface area (Å²) >= 11 is 3.20. The van der Waals surface area contributed by atoms with Gasteiger partial charge in [0.1, 0.15) is 6.61 Å². The summed E-state index contributed by atoms with van der Waals surface area (Å²) in [7, 11) is -3.97. The Labute approximate surface area is 139 Å². The molecule has 0 bridgehead atoms. The van der Waals surface area contributed by atoms with Crippen LogP contribution in [0.1, 0.15) is 5.56 Å². The maximum Gasteiger partial charge on any atom is 0.424 e. The normalized spacial score (nSPS) is 11.4. The van der Waals surface area contributed by atoms with Crippen LogP contribution < -0.4 is 0 Å². The molecule has 0 N–H and O–H groups in total. The van der Waals surface area contributed by atoms with Gasteiger partial charge in [-0.25, -0.2) is 13.2 Å². The molecule has 0 aromatic heterocycles. The summed E-state index contributed by atoms with van der Waals surface area (Å²) in [6.07, 6.45) is 3.73. The number of aryl methyl sites for hydroxylation is 1. The number of amides is 1. The van der Waals surface area contributed by atoms with Gasteiger partial charge in [-0.2, -0.15) is 4.31 Å². The lowest BCUT2D eigenvalue weighted by molar-refractivity contribution is 0.139. The fraction of sp³-hybridized carbons (Fsp3) is 0.267. The summed E-state index contributed by atoms with van der Waals surface area (Å²) in [5, 5.41) is 0.563. The van der Waals surface area contributed by atoms with Crippen LogP contribution in [0.2, 0.25) is 0 Å². The molecule has 1 rings (SSSR count). The monoisotopic (exact) mass is 387 g/mol. The lowest BCUT2D eigenvalue weighted by Crippen LogP contribution is -2.37. The van der Waals surface area contributed by atoms with Crippen LogP contribution in [-0.4, -0.2) is 37.3 Å². The Hall–Kier alpha value is -1.60. The predicted molar refractivity (Wildman–Crippen MR) is 89.5 cm³/mol. The van der Waals surface area contributed by atoms with E-state index in [1.54, 1.807) is 24.3 Å². The van der Waals surface area contributed by atoms with Crippen LogP contribution in [0.3, 0.4) is 0 Å². The number of nitrogens with zero attached hydrogens (tertiary/aromatic N) is 1. The van der Waals surface area contributed by atoms with Gasteiger partial charge in [0.2, 0.25) is 0 Å². The van der Waals surface area contributed by atoms with Crippen molar-refractivity contribution >= 4 is 32.0 Å². The molecule has 0 aliphatic heterocycles.